The van der Waals surface area contributed by atoms with Gasteiger partial charge >= 0.3 is 0 Å². The molecule has 1 atom stereocenters. The third-order valence-electron chi connectivity index (χ3n) is 3.84. The molecule has 1 aromatic carbocycles. The van der Waals surface area contributed by atoms with Crippen LogP contribution in [0.3, 0.4) is 0 Å². The Balaban J connectivity index is 2.40. The Morgan fingerprint density at radius 1 is 1.58 bits per heavy atom. The molecule has 4 heteroatoms. The molecule has 0 aliphatic carbocycles. The number of aryl methyl sites for hydroxylation is 1. The number of nitrogens with zero attached hydrogens (tertiary/aromatic N) is 1. The SMILES string of the molecule is CCC1OCCc2c1[nH]c1c(C)cc(F)c(C#N)c21. The standard InChI is InChI=1S/C15H15FN2O/c1-3-12-15-9(4-5-19-12)13-10(7-17)11(16)6-8(2)14(13)18-15/h6,12,18H,3-5H2,1-2H3. The van der Waals surface area contributed by atoms with Crippen LogP contribution >= 0.6 is 0 Å². The fraction of sp³-hybridized carbons (Fsp3) is 0.400. The molecule has 0 fully saturated rings. The number of nitrogens with one attached hydrogen (secondary N) is 1. The lowest BCUT2D eigenvalue weighted by atomic mass is 9.97. The summed E-state index contributed by atoms with van der Waals surface area (Å²) in [7, 11) is 0. The molecule has 1 aliphatic rings. The average molecular weight is 258 g/mol. The van der Waals surface area contributed by atoms with Crippen LogP contribution in [0.1, 0.15) is 41.8 Å². The first-order valence-corrected chi connectivity index (χ1v) is 6.52. The second kappa shape index (κ2) is 4.36. The number of aromatic nitrogens is 1. The van der Waals surface area contributed by atoms with Crippen LogP contribution in [0.2, 0.25) is 0 Å². The predicted octanol–water partition coefficient (Wildman–Crippen LogP) is 3.51. The van der Waals surface area contributed by atoms with E-state index in [4.69, 9.17) is 4.74 Å². The average Bonchev–Trinajstić information content (AvgIpc) is 2.79. The maximum absolute atomic E-state index is 13.9. The Kier molecular flexibility index (Phi) is 2.79. The highest BCUT2D eigenvalue weighted by atomic mass is 19.1. The van der Waals surface area contributed by atoms with Gasteiger partial charge in [0.15, 0.2) is 0 Å². The maximum Gasteiger partial charge on any atom is 0.141 e. The molecule has 0 saturated carbocycles. The lowest BCUT2D eigenvalue weighted by Gasteiger charge is -2.22. The van der Waals surface area contributed by atoms with Crippen molar-refractivity contribution in [1.82, 2.24) is 4.98 Å². The number of nitriles is 1. The summed E-state index contributed by atoms with van der Waals surface area (Å²) in [6.45, 7) is 4.54. The Labute approximate surface area is 111 Å². The van der Waals surface area contributed by atoms with E-state index in [9.17, 15) is 9.65 Å². The van der Waals surface area contributed by atoms with Crippen LogP contribution in [0, 0.1) is 24.1 Å². The Morgan fingerprint density at radius 2 is 2.37 bits per heavy atom. The molecule has 0 bridgehead atoms. The number of benzene rings is 1. The second-order valence-electron chi connectivity index (χ2n) is 4.95. The first-order valence-electron chi connectivity index (χ1n) is 6.52. The summed E-state index contributed by atoms with van der Waals surface area (Å²) < 4.78 is 19.7. The van der Waals surface area contributed by atoms with Gasteiger partial charge in [-0.15, -0.1) is 0 Å². The topological polar surface area (TPSA) is 48.8 Å². The summed E-state index contributed by atoms with van der Waals surface area (Å²) in [5.74, 6) is -0.436. The molecule has 0 radical (unpaired) electrons. The van der Waals surface area contributed by atoms with Gasteiger partial charge in [0.1, 0.15) is 11.9 Å². The smallest absolute Gasteiger partial charge is 0.141 e. The molecule has 1 aliphatic heterocycles. The molecule has 1 unspecified atom stereocenters. The zero-order valence-corrected chi connectivity index (χ0v) is 11.0. The van der Waals surface area contributed by atoms with E-state index in [2.05, 4.69) is 11.9 Å². The molecule has 0 amide bonds. The van der Waals surface area contributed by atoms with Crippen LogP contribution in [-0.2, 0) is 11.2 Å². The third-order valence-corrected chi connectivity index (χ3v) is 3.84. The van der Waals surface area contributed by atoms with E-state index in [1.54, 1.807) is 0 Å². The van der Waals surface area contributed by atoms with E-state index in [0.717, 1.165) is 40.6 Å². The van der Waals surface area contributed by atoms with Crippen molar-refractivity contribution in [3.05, 3.63) is 34.3 Å². The van der Waals surface area contributed by atoms with Crippen molar-refractivity contribution in [2.24, 2.45) is 0 Å². The zero-order valence-electron chi connectivity index (χ0n) is 11.0. The van der Waals surface area contributed by atoms with Gasteiger partial charge in [-0.05, 0) is 37.0 Å². The van der Waals surface area contributed by atoms with Crippen LogP contribution in [0.15, 0.2) is 6.07 Å². The number of rotatable bonds is 1. The summed E-state index contributed by atoms with van der Waals surface area (Å²) in [6, 6.07) is 3.42. The highest BCUT2D eigenvalue weighted by Crippen LogP contribution is 2.37. The number of H-pyrrole nitrogens is 1. The van der Waals surface area contributed by atoms with Crippen LogP contribution in [0.5, 0.6) is 0 Å². The minimum Gasteiger partial charge on any atom is -0.372 e. The highest BCUT2D eigenvalue weighted by Gasteiger charge is 2.26. The quantitative estimate of drug-likeness (QED) is 0.850. The fourth-order valence-corrected chi connectivity index (χ4v) is 2.94. The highest BCUT2D eigenvalue weighted by molar-refractivity contribution is 5.92. The minimum atomic E-state index is -0.436. The largest absolute Gasteiger partial charge is 0.372 e. The van der Waals surface area contributed by atoms with Gasteiger partial charge < -0.3 is 9.72 Å². The van der Waals surface area contributed by atoms with Crippen molar-refractivity contribution in [3.8, 4) is 6.07 Å². The van der Waals surface area contributed by atoms with Gasteiger partial charge in [-0.25, -0.2) is 4.39 Å². The number of hydrogen-bond donors (Lipinski definition) is 1. The number of fused-ring (bicyclic) bond motifs is 3. The number of aromatic amines is 1. The van der Waals surface area contributed by atoms with E-state index in [1.165, 1.54) is 6.07 Å². The number of ether oxygens (including phenoxy) is 1. The number of halogens is 1. The molecule has 2 heterocycles. The van der Waals surface area contributed by atoms with Crippen molar-refractivity contribution in [2.75, 3.05) is 6.61 Å². The molecule has 0 spiro atoms. The first kappa shape index (κ1) is 12.2. The van der Waals surface area contributed by atoms with E-state index < -0.39 is 5.82 Å². The molecule has 1 aromatic heterocycles. The normalized spacial score (nSPS) is 18.3. The van der Waals surface area contributed by atoms with Gasteiger partial charge in [-0.1, -0.05) is 6.92 Å². The van der Waals surface area contributed by atoms with Crippen molar-refractivity contribution in [3.63, 3.8) is 0 Å². The van der Waals surface area contributed by atoms with Gasteiger partial charge in [0.05, 0.1) is 23.8 Å². The molecule has 2 aromatic rings. The third kappa shape index (κ3) is 1.66. The van der Waals surface area contributed by atoms with Crippen molar-refractivity contribution < 1.29 is 9.13 Å². The number of hydrogen-bond acceptors (Lipinski definition) is 2. The maximum atomic E-state index is 13.9. The summed E-state index contributed by atoms with van der Waals surface area (Å²) in [4.78, 5) is 3.34. The molecular formula is C15H15FN2O. The molecule has 98 valence electrons. The predicted molar refractivity (Wildman–Crippen MR) is 70.4 cm³/mol. The monoisotopic (exact) mass is 258 g/mol. The molecule has 3 rings (SSSR count). The van der Waals surface area contributed by atoms with Gasteiger partial charge in [-0.3, -0.25) is 0 Å². The molecule has 1 N–H and O–H groups in total. The summed E-state index contributed by atoms with van der Waals surface area (Å²) in [5.41, 5.74) is 3.90. The lowest BCUT2D eigenvalue weighted by Crippen LogP contribution is -2.15. The van der Waals surface area contributed by atoms with E-state index >= 15 is 0 Å². The molecular weight excluding hydrogens is 243 g/mol. The minimum absolute atomic E-state index is 0.0187. The lowest BCUT2D eigenvalue weighted by molar-refractivity contribution is 0.0377. The van der Waals surface area contributed by atoms with Crippen molar-refractivity contribution >= 4 is 10.9 Å². The molecule has 3 nitrogen and oxygen atoms in total. The van der Waals surface area contributed by atoms with Crippen molar-refractivity contribution in [2.45, 2.75) is 32.8 Å². The van der Waals surface area contributed by atoms with E-state index in [0.29, 0.717) is 6.61 Å². The summed E-state index contributed by atoms with van der Waals surface area (Å²) in [6.07, 6.45) is 1.61. The van der Waals surface area contributed by atoms with E-state index in [1.807, 2.05) is 13.0 Å². The molecule has 19 heavy (non-hydrogen) atoms. The van der Waals surface area contributed by atoms with Crippen molar-refractivity contribution in [1.29, 1.82) is 5.26 Å². The Hall–Kier alpha value is -1.86. The van der Waals surface area contributed by atoms with Crippen LogP contribution in [-0.4, -0.2) is 11.6 Å². The Bertz CT molecular complexity index is 696. The van der Waals surface area contributed by atoms with Crippen LogP contribution in [0.25, 0.3) is 10.9 Å². The van der Waals surface area contributed by atoms with Crippen LogP contribution < -0.4 is 0 Å². The van der Waals surface area contributed by atoms with Crippen LogP contribution in [0.4, 0.5) is 4.39 Å². The van der Waals surface area contributed by atoms with Gasteiger partial charge in [0, 0.05) is 11.1 Å². The first-order chi connectivity index (χ1) is 9.17. The zero-order chi connectivity index (χ0) is 13.6. The van der Waals surface area contributed by atoms with E-state index in [-0.39, 0.29) is 11.7 Å². The summed E-state index contributed by atoms with van der Waals surface area (Å²) in [5, 5.41) is 9.96. The van der Waals surface area contributed by atoms with Gasteiger partial charge in [0.25, 0.3) is 0 Å². The summed E-state index contributed by atoms with van der Waals surface area (Å²) >= 11 is 0. The Morgan fingerprint density at radius 3 is 3.05 bits per heavy atom. The van der Waals surface area contributed by atoms with Gasteiger partial charge in [-0.2, -0.15) is 5.26 Å². The molecule has 0 saturated heterocycles. The second-order valence-corrected chi connectivity index (χ2v) is 4.95. The van der Waals surface area contributed by atoms with Gasteiger partial charge in [0.2, 0.25) is 0 Å². The fourth-order valence-electron chi connectivity index (χ4n) is 2.94.